The molecule has 0 aliphatic carbocycles. The van der Waals surface area contributed by atoms with Gasteiger partial charge in [0, 0.05) is 20.1 Å². The van der Waals surface area contributed by atoms with Crippen molar-refractivity contribution in [2.24, 2.45) is 0 Å². The molecule has 1 aromatic carbocycles. The Hall–Kier alpha value is -2.67. The van der Waals surface area contributed by atoms with E-state index in [1.807, 2.05) is 13.0 Å². The second-order valence-electron chi connectivity index (χ2n) is 6.45. The molecule has 29 heavy (non-hydrogen) atoms. The highest BCUT2D eigenvalue weighted by molar-refractivity contribution is 6.03. The number of hydrogen-bond acceptors (Lipinski definition) is 5. The molecule has 2 amide bonds. The van der Waals surface area contributed by atoms with Gasteiger partial charge in [-0.1, -0.05) is 25.1 Å². The number of unbranched alkanes of at least 4 members (excludes halogenated alkanes) is 2. The summed E-state index contributed by atoms with van der Waals surface area (Å²) >= 11 is 0. The normalized spacial score (nSPS) is 10.3. The highest BCUT2D eigenvalue weighted by Gasteiger charge is 2.28. The van der Waals surface area contributed by atoms with E-state index in [1.165, 1.54) is 17.1 Å². The van der Waals surface area contributed by atoms with Crippen LogP contribution in [0.15, 0.2) is 36.9 Å². The van der Waals surface area contributed by atoms with Gasteiger partial charge in [-0.2, -0.15) is 0 Å². The van der Waals surface area contributed by atoms with E-state index >= 15 is 0 Å². The fourth-order valence-corrected chi connectivity index (χ4v) is 2.68. The number of carbonyl (C=O) groups excluding carboxylic acids is 3. The molecule has 0 aromatic heterocycles. The maximum Gasteiger partial charge on any atom is 0.340 e. The number of carbonyl (C=O) groups is 3. The Bertz CT molecular complexity index is 690. The number of nitrogens with zero attached hydrogens (tertiary/aromatic N) is 2. The largest absolute Gasteiger partial charge is 0.462 e. The first-order valence-electron chi connectivity index (χ1n) is 10.0. The van der Waals surface area contributed by atoms with Crippen LogP contribution in [-0.2, 0) is 19.1 Å². The van der Waals surface area contributed by atoms with Crippen LogP contribution in [0.2, 0.25) is 0 Å². The van der Waals surface area contributed by atoms with Gasteiger partial charge in [0.15, 0.2) is 0 Å². The van der Waals surface area contributed by atoms with Gasteiger partial charge in [0.2, 0.25) is 5.91 Å². The minimum Gasteiger partial charge on any atom is -0.462 e. The highest BCUT2D eigenvalue weighted by Crippen LogP contribution is 2.24. The molecular formula is C22H32N2O5. The molecule has 0 saturated carbocycles. The standard InChI is InChI=1S/C22H32N2O5/c1-5-8-9-12-16-28-17-21(26)23(4)24(20(25)13-6-2)19-15-11-10-14-18(19)22(27)29-7-3/h5,10-11,14-15H,1,6-9,12-13,16-17H2,2-4H3. The number of ether oxygens (including phenoxy) is 2. The van der Waals surface area contributed by atoms with Crippen LogP contribution in [0, 0.1) is 0 Å². The van der Waals surface area contributed by atoms with Gasteiger partial charge in [0.25, 0.3) is 5.91 Å². The molecule has 1 aromatic rings. The molecule has 0 heterocycles. The first-order valence-corrected chi connectivity index (χ1v) is 10.0. The predicted molar refractivity (Wildman–Crippen MR) is 112 cm³/mol. The SMILES string of the molecule is C=CCCCCOCC(=O)N(C)N(C(=O)CCC)c1ccccc1C(=O)OCC. The lowest BCUT2D eigenvalue weighted by Crippen LogP contribution is -2.49. The van der Waals surface area contributed by atoms with E-state index in [0.29, 0.717) is 18.7 Å². The van der Waals surface area contributed by atoms with Crippen LogP contribution in [0.3, 0.4) is 0 Å². The minimum atomic E-state index is -0.545. The number of allylic oxidation sites excluding steroid dienone is 1. The molecule has 7 nitrogen and oxygen atoms in total. The highest BCUT2D eigenvalue weighted by atomic mass is 16.5. The maximum absolute atomic E-state index is 12.8. The van der Waals surface area contributed by atoms with Crippen molar-refractivity contribution in [2.75, 3.05) is 31.9 Å². The summed E-state index contributed by atoms with van der Waals surface area (Å²) in [6, 6.07) is 6.60. The molecule has 0 aliphatic rings. The Morgan fingerprint density at radius 3 is 2.48 bits per heavy atom. The summed E-state index contributed by atoms with van der Waals surface area (Å²) in [5, 5.41) is 2.44. The summed E-state index contributed by atoms with van der Waals surface area (Å²) in [6.45, 7) is 7.77. The average Bonchev–Trinajstić information content (AvgIpc) is 2.71. The van der Waals surface area contributed by atoms with Crippen molar-refractivity contribution in [2.45, 2.75) is 46.0 Å². The molecular weight excluding hydrogens is 372 g/mol. The van der Waals surface area contributed by atoms with Crippen LogP contribution in [0.5, 0.6) is 0 Å². The summed E-state index contributed by atoms with van der Waals surface area (Å²) in [5.41, 5.74) is 0.537. The van der Waals surface area contributed by atoms with Gasteiger partial charge in [-0.25, -0.2) is 14.8 Å². The summed E-state index contributed by atoms with van der Waals surface area (Å²) in [6.07, 6.45) is 5.36. The van der Waals surface area contributed by atoms with E-state index < -0.39 is 5.97 Å². The zero-order chi connectivity index (χ0) is 21.6. The fourth-order valence-electron chi connectivity index (χ4n) is 2.68. The second kappa shape index (κ2) is 13.5. The summed E-state index contributed by atoms with van der Waals surface area (Å²) < 4.78 is 10.5. The number of rotatable bonds is 12. The molecule has 1 rings (SSSR count). The lowest BCUT2D eigenvalue weighted by Gasteiger charge is -2.33. The molecule has 0 bridgehead atoms. The fraction of sp³-hybridized carbons (Fsp3) is 0.500. The van der Waals surface area contributed by atoms with Crippen molar-refractivity contribution in [3.63, 3.8) is 0 Å². The third-order valence-corrected chi connectivity index (χ3v) is 4.16. The molecule has 0 saturated heterocycles. The van der Waals surface area contributed by atoms with Gasteiger partial charge in [0.05, 0.1) is 17.9 Å². The average molecular weight is 405 g/mol. The number of anilines is 1. The van der Waals surface area contributed by atoms with E-state index in [4.69, 9.17) is 9.47 Å². The van der Waals surface area contributed by atoms with Gasteiger partial charge in [0.1, 0.15) is 6.61 Å². The Kier molecular flexibility index (Phi) is 11.3. The van der Waals surface area contributed by atoms with Crippen molar-refractivity contribution < 1.29 is 23.9 Å². The zero-order valence-corrected chi connectivity index (χ0v) is 17.7. The molecule has 0 radical (unpaired) electrons. The van der Waals surface area contributed by atoms with Crippen molar-refractivity contribution in [3.05, 3.63) is 42.5 Å². The number of hydrazine groups is 1. The van der Waals surface area contributed by atoms with Crippen LogP contribution in [0.25, 0.3) is 0 Å². The summed E-state index contributed by atoms with van der Waals surface area (Å²) in [7, 11) is 1.50. The smallest absolute Gasteiger partial charge is 0.340 e. The molecule has 0 atom stereocenters. The third-order valence-electron chi connectivity index (χ3n) is 4.16. The lowest BCUT2D eigenvalue weighted by atomic mass is 10.1. The first kappa shape index (κ1) is 24.4. The zero-order valence-electron chi connectivity index (χ0n) is 17.7. The quantitative estimate of drug-likeness (QED) is 0.230. The van der Waals surface area contributed by atoms with Gasteiger partial charge >= 0.3 is 5.97 Å². The number of para-hydroxylation sites is 1. The van der Waals surface area contributed by atoms with Gasteiger partial charge in [-0.15, -0.1) is 6.58 Å². The van der Waals surface area contributed by atoms with Crippen LogP contribution in [0.1, 0.15) is 56.3 Å². The third kappa shape index (κ3) is 7.69. The molecule has 7 heteroatoms. The molecule has 160 valence electrons. The monoisotopic (exact) mass is 404 g/mol. The summed E-state index contributed by atoms with van der Waals surface area (Å²) in [5.74, 6) is -1.21. The minimum absolute atomic E-state index is 0.151. The van der Waals surface area contributed by atoms with Crippen LogP contribution in [-0.4, -0.2) is 49.7 Å². The van der Waals surface area contributed by atoms with Crippen molar-refractivity contribution in [1.29, 1.82) is 0 Å². The van der Waals surface area contributed by atoms with E-state index in [1.54, 1.807) is 31.2 Å². The number of likely N-dealkylation sites (N-methyl/N-ethyl adjacent to an activating group) is 1. The van der Waals surface area contributed by atoms with E-state index in [2.05, 4.69) is 6.58 Å². The predicted octanol–water partition coefficient (Wildman–Crippen LogP) is 3.74. The van der Waals surface area contributed by atoms with Gasteiger partial charge < -0.3 is 9.47 Å². The molecule has 0 unspecified atom stereocenters. The second-order valence-corrected chi connectivity index (χ2v) is 6.45. The molecule has 0 aliphatic heterocycles. The number of amides is 2. The number of hydrogen-bond donors (Lipinski definition) is 0. The van der Waals surface area contributed by atoms with Crippen LogP contribution < -0.4 is 5.01 Å². The Balaban J connectivity index is 2.99. The summed E-state index contributed by atoms with van der Waals surface area (Å²) in [4.78, 5) is 37.8. The molecule has 0 spiro atoms. The van der Waals surface area contributed by atoms with Crippen LogP contribution >= 0.6 is 0 Å². The van der Waals surface area contributed by atoms with Gasteiger partial charge in [-0.05, 0) is 44.7 Å². The number of esters is 1. The Morgan fingerprint density at radius 2 is 1.83 bits per heavy atom. The topological polar surface area (TPSA) is 76.2 Å². The lowest BCUT2D eigenvalue weighted by molar-refractivity contribution is -0.139. The van der Waals surface area contributed by atoms with E-state index in [-0.39, 0.29) is 37.0 Å². The Morgan fingerprint density at radius 1 is 1.10 bits per heavy atom. The Labute approximate surface area is 173 Å². The van der Waals surface area contributed by atoms with Gasteiger partial charge in [-0.3, -0.25) is 9.59 Å². The van der Waals surface area contributed by atoms with Crippen molar-refractivity contribution in [3.8, 4) is 0 Å². The maximum atomic E-state index is 12.8. The molecule has 0 N–H and O–H groups in total. The van der Waals surface area contributed by atoms with Crippen molar-refractivity contribution >= 4 is 23.5 Å². The van der Waals surface area contributed by atoms with E-state index in [0.717, 1.165) is 19.3 Å². The van der Waals surface area contributed by atoms with E-state index in [9.17, 15) is 14.4 Å². The first-order chi connectivity index (χ1) is 14.0. The number of benzene rings is 1. The molecule has 0 fully saturated rings. The van der Waals surface area contributed by atoms with Crippen LogP contribution in [0.4, 0.5) is 5.69 Å². The van der Waals surface area contributed by atoms with Crippen molar-refractivity contribution in [1.82, 2.24) is 5.01 Å².